The summed E-state index contributed by atoms with van der Waals surface area (Å²) in [4.78, 5) is 23.5. The third kappa shape index (κ3) is 4.55. The van der Waals surface area contributed by atoms with Gasteiger partial charge in [0.25, 0.3) is 0 Å². The van der Waals surface area contributed by atoms with Crippen LogP contribution in [0.4, 0.5) is 8.78 Å². The van der Waals surface area contributed by atoms with Crippen LogP contribution in [0.25, 0.3) is 0 Å². The third-order valence-electron chi connectivity index (χ3n) is 4.22. The highest BCUT2D eigenvalue weighted by molar-refractivity contribution is 5.80. The molecule has 1 aliphatic rings. The highest BCUT2D eigenvalue weighted by Crippen LogP contribution is 2.40. The molecule has 0 saturated carbocycles. The van der Waals surface area contributed by atoms with E-state index in [1.54, 1.807) is 0 Å². The lowest BCUT2D eigenvalue weighted by atomic mass is 9.79. The van der Waals surface area contributed by atoms with E-state index >= 15 is 0 Å². The van der Waals surface area contributed by atoms with Crippen LogP contribution >= 0.6 is 0 Å². The lowest BCUT2D eigenvalue weighted by Crippen LogP contribution is -2.65. The van der Waals surface area contributed by atoms with Crippen LogP contribution in [0, 0.1) is 18.3 Å². The van der Waals surface area contributed by atoms with E-state index in [1.807, 2.05) is 0 Å². The Bertz CT molecular complexity index is 551. The molecule has 7 atom stereocenters. The van der Waals surface area contributed by atoms with E-state index in [0.29, 0.717) is 0 Å². The van der Waals surface area contributed by atoms with Gasteiger partial charge in [0.2, 0.25) is 0 Å². The number of carbonyl (C=O) groups is 2. The van der Waals surface area contributed by atoms with Gasteiger partial charge in [-0.3, -0.25) is 4.79 Å². The first-order valence-corrected chi connectivity index (χ1v) is 7.83. The van der Waals surface area contributed by atoms with Crippen molar-refractivity contribution < 1.29 is 48.3 Å². The zero-order valence-electron chi connectivity index (χ0n) is 14.0. The highest BCUT2D eigenvalue weighted by atomic mass is 19.2. The molecule has 5 unspecified atom stereocenters. The van der Waals surface area contributed by atoms with Crippen molar-refractivity contribution in [2.45, 2.75) is 55.7 Å². The number of alkyl halides is 2. The number of aliphatic hydroxyl groups excluding tert-OH is 4. The predicted octanol–water partition coefficient (Wildman–Crippen LogP) is -1.37. The number of carbonyl (C=O) groups excluding carboxylic acids is 2. The van der Waals surface area contributed by atoms with Gasteiger partial charge in [0.05, 0.1) is 25.9 Å². The summed E-state index contributed by atoms with van der Waals surface area (Å²) < 4.78 is 37.9. The monoisotopic (exact) mass is 380 g/mol. The van der Waals surface area contributed by atoms with Gasteiger partial charge < -0.3 is 29.9 Å². The Balaban J connectivity index is 3.18. The molecule has 8 nitrogen and oxygen atoms in total. The van der Waals surface area contributed by atoms with E-state index in [9.17, 15) is 33.7 Å². The molecular weight excluding hydrogens is 358 g/mol. The zero-order chi connectivity index (χ0) is 20.1. The van der Waals surface area contributed by atoms with Crippen LogP contribution in [0.3, 0.4) is 0 Å². The van der Waals surface area contributed by atoms with Crippen molar-refractivity contribution in [1.29, 1.82) is 0 Å². The molecule has 148 valence electrons. The Hall–Kier alpha value is -1.64. The van der Waals surface area contributed by atoms with E-state index in [4.69, 9.17) is 16.3 Å². The molecule has 0 aromatic heterocycles. The second kappa shape index (κ2) is 9.34. The van der Waals surface area contributed by atoms with Gasteiger partial charge in [0.15, 0.2) is 6.17 Å². The summed E-state index contributed by atoms with van der Waals surface area (Å²) in [5, 5.41) is 38.7. The highest BCUT2D eigenvalue weighted by Gasteiger charge is 2.63. The maximum Gasteiger partial charge on any atom is 0.375 e. The maximum absolute atomic E-state index is 14.7. The molecule has 0 spiro atoms. The topological polar surface area (TPSA) is 134 Å². The van der Waals surface area contributed by atoms with E-state index in [-0.39, 0.29) is 12.8 Å². The first-order valence-electron chi connectivity index (χ1n) is 7.83. The molecule has 1 heterocycles. The third-order valence-corrected chi connectivity index (χ3v) is 4.22. The minimum atomic E-state index is -3.76. The number of ether oxygens (including phenoxy) is 2. The van der Waals surface area contributed by atoms with Gasteiger partial charge in [0.1, 0.15) is 18.0 Å². The largest absolute Gasteiger partial charge is 0.465 e. The van der Waals surface area contributed by atoms with Crippen molar-refractivity contribution in [3.63, 3.8) is 0 Å². The van der Waals surface area contributed by atoms with E-state index < -0.39 is 67.1 Å². The Morgan fingerprint density at radius 1 is 1.42 bits per heavy atom. The second-order valence-electron chi connectivity index (χ2n) is 5.96. The van der Waals surface area contributed by atoms with Crippen molar-refractivity contribution in [2.75, 3.05) is 13.7 Å². The average Bonchev–Trinajstić information content (AvgIpc) is 2.64. The molecule has 10 heteroatoms. The summed E-state index contributed by atoms with van der Waals surface area (Å²) in [7, 11) is 0.759. The van der Waals surface area contributed by atoms with Crippen molar-refractivity contribution in [3.8, 4) is 12.3 Å². The van der Waals surface area contributed by atoms with Crippen LogP contribution in [-0.2, 0) is 19.1 Å². The Kier molecular flexibility index (Phi) is 8.05. The molecule has 0 aliphatic carbocycles. The SMILES string of the molecule is C#CCCC(=O)CC1C(O)C(F)C(F)(C(=O)OC)OC1[C@H](O)[C@H](O)CO. The van der Waals surface area contributed by atoms with E-state index in [1.165, 1.54) is 0 Å². The van der Waals surface area contributed by atoms with Crippen LogP contribution in [0.15, 0.2) is 0 Å². The number of methoxy groups -OCH3 is 1. The quantitative estimate of drug-likeness (QED) is 0.299. The van der Waals surface area contributed by atoms with Gasteiger partial charge in [-0.1, -0.05) is 0 Å². The Morgan fingerprint density at radius 3 is 2.54 bits per heavy atom. The van der Waals surface area contributed by atoms with Gasteiger partial charge in [-0.2, -0.15) is 4.39 Å². The smallest absolute Gasteiger partial charge is 0.375 e. The standard InChI is InChI=1S/C16H22F2O8/c1-3-4-5-8(20)6-9-11(22)14(17)16(18,15(24)25-2)26-13(9)12(23)10(21)7-19/h1,9-14,19,21-23H,4-7H2,2H3/t9?,10-,11?,12-,13?,14?,16?/m1/s1. The average molecular weight is 380 g/mol. The molecule has 0 bridgehead atoms. The first-order chi connectivity index (χ1) is 12.1. The Labute approximate surface area is 148 Å². The lowest BCUT2D eigenvalue weighted by molar-refractivity contribution is -0.304. The van der Waals surface area contributed by atoms with Crippen molar-refractivity contribution in [1.82, 2.24) is 0 Å². The Morgan fingerprint density at radius 2 is 2.04 bits per heavy atom. The number of rotatable bonds is 8. The summed E-state index contributed by atoms with van der Waals surface area (Å²) in [6.07, 6.45) is -6.44. The minimum absolute atomic E-state index is 0.0727. The molecule has 1 fully saturated rings. The lowest BCUT2D eigenvalue weighted by Gasteiger charge is -2.45. The maximum atomic E-state index is 14.7. The fourth-order valence-electron chi connectivity index (χ4n) is 2.74. The zero-order valence-corrected chi connectivity index (χ0v) is 14.0. The summed E-state index contributed by atoms with van der Waals surface area (Å²) in [6, 6.07) is 0. The van der Waals surface area contributed by atoms with Crippen LogP contribution in [0.2, 0.25) is 0 Å². The molecule has 1 aliphatic heterocycles. The van der Waals surface area contributed by atoms with E-state index in [0.717, 1.165) is 7.11 Å². The van der Waals surface area contributed by atoms with Gasteiger partial charge in [-0.25, -0.2) is 9.18 Å². The fourth-order valence-corrected chi connectivity index (χ4v) is 2.74. The molecule has 0 aromatic rings. The molecule has 0 amide bonds. The van der Waals surface area contributed by atoms with Crippen molar-refractivity contribution >= 4 is 11.8 Å². The molecule has 26 heavy (non-hydrogen) atoms. The van der Waals surface area contributed by atoms with Crippen LogP contribution < -0.4 is 0 Å². The predicted molar refractivity (Wildman–Crippen MR) is 81.9 cm³/mol. The second-order valence-corrected chi connectivity index (χ2v) is 5.96. The molecule has 4 N–H and O–H groups in total. The van der Waals surface area contributed by atoms with Gasteiger partial charge in [0, 0.05) is 25.2 Å². The molecular formula is C16H22F2O8. The van der Waals surface area contributed by atoms with Crippen LogP contribution in [0.5, 0.6) is 0 Å². The fraction of sp³-hybridized carbons (Fsp3) is 0.750. The number of terminal acetylenes is 1. The number of esters is 1. The number of hydrogen-bond acceptors (Lipinski definition) is 8. The summed E-state index contributed by atoms with van der Waals surface area (Å²) >= 11 is 0. The van der Waals surface area contributed by atoms with Crippen molar-refractivity contribution in [2.24, 2.45) is 5.92 Å². The van der Waals surface area contributed by atoms with Gasteiger partial charge >= 0.3 is 11.8 Å². The number of ketones is 1. The summed E-state index contributed by atoms with van der Waals surface area (Å²) in [5.74, 6) is -5.36. The number of Topliss-reactive ketones (excluding diaryl/α,β-unsaturated/α-hetero) is 1. The molecule has 0 radical (unpaired) electrons. The van der Waals surface area contributed by atoms with Crippen LogP contribution in [0.1, 0.15) is 19.3 Å². The van der Waals surface area contributed by atoms with Crippen molar-refractivity contribution in [3.05, 3.63) is 0 Å². The van der Waals surface area contributed by atoms with Gasteiger partial charge in [-0.05, 0) is 0 Å². The summed E-state index contributed by atoms with van der Waals surface area (Å²) in [6.45, 7) is -0.967. The summed E-state index contributed by atoms with van der Waals surface area (Å²) in [5.41, 5.74) is 0. The van der Waals surface area contributed by atoms with Gasteiger partial charge in [-0.15, -0.1) is 12.3 Å². The first kappa shape index (κ1) is 22.4. The van der Waals surface area contributed by atoms with E-state index in [2.05, 4.69) is 10.7 Å². The minimum Gasteiger partial charge on any atom is -0.465 e. The molecule has 1 rings (SSSR count). The normalized spacial score (nSPS) is 33.8. The number of aliphatic hydroxyl groups is 4. The number of halogens is 2. The van der Waals surface area contributed by atoms with Crippen LogP contribution in [-0.4, -0.2) is 82.3 Å². The number of hydrogen-bond donors (Lipinski definition) is 4. The molecule has 1 saturated heterocycles. The molecule has 0 aromatic carbocycles.